The average molecular weight is 335 g/mol. The molecule has 0 bridgehead atoms. The fourth-order valence-electron chi connectivity index (χ4n) is 3.89. The molecule has 1 saturated carbocycles. The molecule has 130 valence electrons. The Balaban J connectivity index is 1.40. The Morgan fingerprint density at radius 2 is 1.60 bits per heavy atom. The number of aryl methyl sites for hydroxylation is 2. The number of amides is 1. The first kappa shape index (κ1) is 16.2. The summed E-state index contributed by atoms with van der Waals surface area (Å²) in [6, 6.07) is 13.8. The molecule has 4 rings (SSSR count). The summed E-state index contributed by atoms with van der Waals surface area (Å²) in [4.78, 5) is 12.5. The zero-order valence-corrected chi connectivity index (χ0v) is 14.6. The number of rotatable bonds is 4. The van der Waals surface area contributed by atoms with Gasteiger partial charge in [0.15, 0.2) is 0 Å². The summed E-state index contributed by atoms with van der Waals surface area (Å²) in [6.07, 6.45) is 9.89. The third-order valence-corrected chi connectivity index (χ3v) is 5.33. The van der Waals surface area contributed by atoms with E-state index in [9.17, 15) is 4.79 Å². The van der Waals surface area contributed by atoms with Gasteiger partial charge in [0.05, 0.1) is 6.10 Å². The van der Waals surface area contributed by atoms with Gasteiger partial charge < -0.3 is 10.1 Å². The summed E-state index contributed by atoms with van der Waals surface area (Å²) in [5, 5.41) is 2.99. The molecule has 25 heavy (non-hydrogen) atoms. The normalized spacial score (nSPS) is 17.1. The molecule has 2 aliphatic rings. The van der Waals surface area contributed by atoms with Crippen LogP contribution in [0, 0.1) is 0 Å². The minimum absolute atomic E-state index is 0.0437. The molecule has 2 aromatic rings. The lowest BCUT2D eigenvalue weighted by Crippen LogP contribution is -2.14. The van der Waals surface area contributed by atoms with Crippen LogP contribution in [-0.2, 0) is 12.8 Å². The minimum atomic E-state index is -0.0437. The van der Waals surface area contributed by atoms with Crippen molar-refractivity contribution in [3.63, 3.8) is 0 Å². The predicted molar refractivity (Wildman–Crippen MR) is 100 cm³/mol. The van der Waals surface area contributed by atoms with Crippen LogP contribution in [0.5, 0.6) is 5.75 Å². The van der Waals surface area contributed by atoms with Gasteiger partial charge in [-0.15, -0.1) is 0 Å². The van der Waals surface area contributed by atoms with Gasteiger partial charge in [0.25, 0.3) is 5.91 Å². The maximum atomic E-state index is 12.5. The van der Waals surface area contributed by atoms with E-state index < -0.39 is 0 Å². The second-order valence-electron chi connectivity index (χ2n) is 7.19. The Morgan fingerprint density at radius 1 is 0.880 bits per heavy atom. The van der Waals surface area contributed by atoms with Crippen molar-refractivity contribution in [2.24, 2.45) is 0 Å². The van der Waals surface area contributed by atoms with Crippen molar-refractivity contribution in [2.75, 3.05) is 5.32 Å². The molecule has 3 heteroatoms. The van der Waals surface area contributed by atoms with E-state index in [0.717, 1.165) is 42.7 Å². The van der Waals surface area contributed by atoms with Gasteiger partial charge in [-0.3, -0.25) is 4.79 Å². The summed E-state index contributed by atoms with van der Waals surface area (Å²) >= 11 is 0. The van der Waals surface area contributed by atoms with E-state index in [4.69, 9.17) is 4.74 Å². The zero-order chi connectivity index (χ0) is 17.1. The van der Waals surface area contributed by atoms with Crippen molar-refractivity contribution in [2.45, 2.75) is 57.5 Å². The van der Waals surface area contributed by atoms with Gasteiger partial charge in [0.1, 0.15) is 5.75 Å². The highest BCUT2D eigenvalue weighted by atomic mass is 16.5. The lowest BCUT2D eigenvalue weighted by Gasteiger charge is -2.16. The molecule has 1 amide bonds. The molecule has 0 radical (unpaired) electrons. The first-order chi connectivity index (χ1) is 12.3. The average Bonchev–Trinajstić information content (AvgIpc) is 3.16. The molecule has 0 spiro atoms. The van der Waals surface area contributed by atoms with Gasteiger partial charge in [-0.2, -0.15) is 0 Å². The van der Waals surface area contributed by atoms with Gasteiger partial charge >= 0.3 is 0 Å². The van der Waals surface area contributed by atoms with Crippen LogP contribution < -0.4 is 10.1 Å². The van der Waals surface area contributed by atoms with Crippen molar-refractivity contribution in [3.8, 4) is 5.75 Å². The van der Waals surface area contributed by atoms with Crippen molar-refractivity contribution in [3.05, 3.63) is 59.2 Å². The Bertz CT molecular complexity index is 745. The smallest absolute Gasteiger partial charge is 0.255 e. The van der Waals surface area contributed by atoms with E-state index in [1.807, 2.05) is 30.3 Å². The van der Waals surface area contributed by atoms with E-state index in [0.29, 0.717) is 6.10 Å². The molecule has 0 heterocycles. The number of hydrogen-bond acceptors (Lipinski definition) is 2. The maximum absolute atomic E-state index is 12.5. The van der Waals surface area contributed by atoms with Crippen LogP contribution in [0.3, 0.4) is 0 Å². The molecule has 1 N–H and O–H groups in total. The summed E-state index contributed by atoms with van der Waals surface area (Å²) in [6.45, 7) is 0. The maximum Gasteiger partial charge on any atom is 0.255 e. The number of hydrogen-bond donors (Lipinski definition) is 1. The first-order valence-corrected chi connectivity index (χ1v) is 9.48. The molecule has 0 aromatic heterocycles. The molecule has 0 aliphatic heterocycles. The highest BCUT2D eigenvalue weighted by Crippen LogP contribution is 2.26. The second kappa shape index (κ2) is 7.30. The molecule has 2 aromatic carbocycles. The van der Waals surface area contributed by atoms with Gasteiger partial charge in [0, 0.05) is 11.3 Å². The second-order valence-corrected chi connectivity index (χ2v) is 7.19. The number of fused-ring (bicyclic) bond motifs is 1. The zero-order valence-electron chi connectivity index (χ0n) is 14.6. The molecule has 3 nitrogen and oxygen atoms in total. The lowest BCUT2D eigenvalue weighted by molar-refractivity contribution is 0.102. The van der Waals surface area contributed by atoms with Crippen LogP contribution in [0.4, 0.5) is 5.69 Å². The highest BCUT2D eigenvalue weighted by molar-refractivity contribution is 6.04. The van der Waals surface area contributed by atoms with Crippen LogP contribution >= 0.6 is 0 Å². The van der Waals surface area contributed by atoms with Crippen LogP contribution in [0.1, 0.15) is 60.0 Å². The number of anilines is 1. The molecule has 2 aliphatic carbocycles. The van der Waals surface area contributed by atoms with Crippen molar-refractivity contribution in [1.29, 1.82) is 0 Å². The fourth-order valence-corrected chi connectivity index (χ4v) is 3.89. The number of ether oxygens (including phenoxy) is 1. The summed E-state index contributed by atoms with van der Waals surface area (Å²) in [7, 11) is 0. The lowest BCUT2D eigenvalue weighted by atomic mass is 9.90. The number of nitrogens with one attached hydrogen (secondary N) is 1. The first-order valence-electron chi connectivity index (χ1n) is 9.48. The number of benzene rings is 2. The molecule has 0 saturated heterocycles. The minimum Gasteiger partial charge on any atom is -0.490 e. The molecule has 0 unspecified atom stereocenters. The summed E-state index contributed by atoms with van der Waals surface area (Å²) in [5.74, 6) is 0.844. The Morgan fingerprint density at radius 3 is 2.36 bits per heavy atom. The van der Waals surface area contributed by atoms with E-state index in [1.54, 1.807) is 0 Å². The van der Waals surface area contributed by atoms with Crippen molar-refractivity contribution in [1.82, 2.24) is 0 Å². The largest absolute Gasteiger partial charge is 0.490 e. The van der Waals surface area contributed by atoms with Gasteiger partial charge in [-0.05, 0) is 98.9 Å². The van der Waals surface area contributed by atoms with Gasteiger partial charge in [-0.25, -0.2) is 0 Å². The van der Waals surface area contributed by atoms with Crippen LogP contribution in [0.15, 0.2) is 42.5 Å². The third-order valence-electron chi connectivity index (χ3n) is 5.33. The van der Waals surface area contributed by atoms with Crippen LogP contribution in [-0.4, -0.2) is 12.0 Å². The van der Waals surface area contributed by atoms with E-state index in [-0.39, 0.29) is 5.91 Å². The van der Waals surface area contributed by atoms with E-state index >= 15 is 0 Å². The Hall–Kier alpha value is -2.29. The molecule has 1 fully saturated rings. The Labute approximate surface area is 149 Å². The van der Waals surface area contributed by atoms with E-state index in [1.165, 1.54) is 36.8 Å². The number of carbonyl (C=O) groups excluding carboxylic acids is 1. The van der Waals surface area contributed by atoms with E-state index in [2.05, 4.69) is 17.4 Å². The van der Waals surface area contributed by atoms with Crippen LogP contribution in [0.25, 0.3) is 0 Å². The SMILES string of the molecule is O=C(Nc1ccc(OC2CCCC2)cc1)c1ccc2c(c1)CCCC2. The number of carbonyl (C=O) groups is 1. The predicted octanol–water partition coefficient (Wildman–Crippen LogP) is 5.14. The quantitative estimate of drug-likeness (QED) is 0.840. The molecular weight excluding hydrogens is 310 g/mol. The summed E-state index contributed by atoms with van der Waals surface area (Å²) < 4.78 is 5.97. The topological polar surface area (TPSA) is 38.3 Å². The summed E-state index contributed by atoms with van der Waals surface area (Å²) in [5.41, 5.74) is 4.28. The van der Waals surface area contributed by atoms with Crippen molar-refractivity contribution >= 4 is 11.6 Å². The molecular formula is C22H25NO2. The van der Waals surface area contributed by atoms with Crippen molar-refractivity contribution < 1.29 is 9.53 Å². The van der Waals surface area contributed by atoms with Crippen LogP contribution in [0.2, 0.25) is 0 Å². The van der Waals surface area contributed by atoms with Gasteiger partial charge in [-0.1, -0.05) is 6.07 Å². The fraction of sp³-hybridized carbons (Fsp3) is 0.409. The third kappa shape index (κ3) is 3.87. The standard InChI is InChI=1S/C22H25NO2/c24-22(18-10-9-16-5-1-2-6-17(16)15-18)23-19-11-13-21(14-12-19)25-20-7-3-4-8-20/h9-15,20H,1-8H2,(H,23,24). The van der Waals surface area contributed by atoms with Gasteiger partial charge in [0.2, 0.25) is 0 Å². The molecule has 0 atom stereocenters. The highest BCUT2D eigenvalue weighted by Gasteiger charge is 2.16. The Kier molecular flexibility index (Phi) is 4.73. The monoisotopic (exact) mass is 335 g/mol.